The van der Waals surface area contributed by atoms with Crippen LogP contribution < -0.4 is 5.73 Å². The standard InChI is InChI=1S/C8H11N3O/c9-5-6-1-3-11-8(6)7(10)2-4-12/h1,3,7,11-12H,2,4,10H2/t7-/m0/s1. The number of aliphatic hydroxyl groups excluding tert-OH is 1. The molecule has 1 atom stereocenters. The topological polar surface area (TPSA) is 85.8 Å². The second kappa shape index (κ2) is 3.90. The van der Waals surface area contributed by atoms with E-state index in [4.69, 9.17) is 16.1 Å². The number of rotatable bonds is 3. The predicted octanol–water partition coefficient (Wildman–Crippen LogP) is 0.269. The molecular formula is C8H11N3O. The fourth-order valence-corrected chi connectivity index (χ4v) is 1.07. The minimum atomic E-state index is -0.278. The van der Waals surface area contributed by atoms with Crippen LogP contribution in [0.1, 0.15) is 23.7 Å². The second-order valence-corrected chi connectivity index (χ2v) is 2.54. The van der Waals surface area contributed by atoms with Crippen molar-refractivity contribution in [3.63, 3.8) is 0 Å². The van der Waals surface area contributed by atoms with Gasteiger partial charge >= 0.3 is 0 Å². The highest BCUT2D eigenvalue weighted by Crippen LogP contribution is 2.15. The van der Waals surface area contributed by atoms with Gasteiger partial charge in [-0.2, -0.15) is 5.26 Å². The van der Waals surface area contributed by atoms with Crippen molar-refractivity contribution in [3.8, 4) is 6.07 Å². The Morgan fingerprint density at radius 3 is 3.08 bits per heavy atom. The summed E-state index contributed by atoms with van der Waals surface area (Å²) in [6, 6.07) is 3.42. The summed E-state index contributed by atoms with van der Waals surface area (Å²) in [5.41, 5.74) is 6.94. The molecule has 0 unspecified atom stereocenters. The largest absolute Gasteiger partial charge is 0.396 e. The van der Waals surface area contributed by atoms with E-state index in [1.807, 2.05) is 6.07 Å². The normalized spacial score (nSPS) is 12.4. The highest BCUT2D eigenvalue weighted by atomic mass is 16.3. The van der Waals surface area contributed by atoms with Crippen LogP contribution in [-0.4, -0.2) is 16.7 Å². The van der Waals surface area contributed by atoms with Gasteiger partial charge in [-0.1, -0.05) is 0 Å². The lowest BCUT2D eigenvalue weighted by Crippen LogP contribution is -2.13. The summed E-state index contributed by atoms with van der Waals surface area (Å²) in [4.78, 5) is 2.88. The van der Waals surface area contributed by atoms with E-state index in [2.05, 4.69) is 4.98 Å². The minimum Gasteiger partial charge on any atom is -0.396 e. The number of hydrogen-bond acceptors (Lipinski definition) is 3. The number of hydrogen-bond donors (Lipinski definition) is 3. The van der Waals surface area contributed by atoms with Gasteiger partial charge in [-0.15, -0.1) is 0 Å². The molecule has 4 N–H and O–H groups in total. The van der Waals surface area contributed by atoms with E-state index in [9.17, 15) is 0 Å². The van der Waals surface area contributed by atoms with E-state index < -0.39 is 0 Å². The number of nitrogens with zero attached hydrogens (tertiary/aromatic N) is 1. The maximum Gasteiger partial charge on any atom is 0.101 e. The number of aromatic amines is 1. The third-order valence-corrected chi connectivity index (χ3v) is 1.71. The molecule has 0 fully saturated rings. The molecular weight excluding hydrogens is 154 g/mol. The van der Waals surface area contributed by atoms with Crippen LogP contribution in [-0.2, 0) is 0 Å². The van der Waals surface area contributed by atoms with Crippen LogP contribution in [0.2, 0.25) is 0 Å². The quantitative estimate of drug-likeness (QED) is 0.600. The van der Waals surface area contributed by atoms with Gasteiger partial charge in [0, 0.05) is 24.5 Å². The van der Waals surface area contributed by atoms with Crippen LogP contribution in [0.3, 0.4) is 0 Å². The van der Waals surface area contributed by atoms with E-state index in [0.717, 1.165) is 0 Å². The Balaban J connectivity index is 2.80. The fourth-order valence-electron chi connectivity index (χ4n) is 1.07. The van der Waals surface area contributed by atoms with E-state index >= 15 is 0 Å². The van der Waals surface area contributed by atoms with Crippen LogP contribution in [0.15, 0.2) is 12.3 Å². The number of nitrogens with one attached hydrogen (secondary N) is 1. The summed E-state index contributed by atoms with van der Waals surface area (Å²) in [5.74, 6) is 0. The molecule has 64 valence electrons. The van der Waals surface area contributed by atoms with Crippen LogP contribution in [0.5, 0.6) is 0 Å². The van der Waals surface area contributed by atoms with Gasteiger partial charge in [0.2, 0.25) is 0 Å². The van der Waals surface area contributed by atoms with E-state index in [0.29, 0.717) is 17.7 Å². The molecule has 0 amide bonds. The molecule has 0 saturated heterocycles. The molecule has 1 aromatic rings. The molecule has 0 bridgehead atoms. The molecule has 1 heterocycles. The first-order chi connectivity index (χ1) is 5.79. The Morgan fingerprint density at radius 2 is 2.50 bits per heavy atom. The third kappa shape index (κ3) is 1.64. The van der Waals surface area contributed by atoms with Gasteiger partial charge < -0.3 is 15.8 Å². The summed E-state index contributed by atoms with van der Waals surface area (Å²) >= 11 is 0. The number of nitriles is 1. The lowest BCUT2D eigenvalue weighted by molar-refractivity contribution is 0.275. The van der Waals surface area contributed by atoms with Gasteiger partial charge in [0.15, 0.2) is 0 Å². The Kier molecular flexibility index (Phi) is 2.86. The summed E-state index contributed by atoms with van der Waals surface area (Å²) in [6.07, 6.45) is 2.14. The lowest BCUT2D eigenvalue weighted by atomic mass is 10.1. The van der Waals surface area contributed by atoms with Gasteiger partial charge in [0.1, 0.15) is 6.07 Å². The van der Waals surface area contributed by atoms with Crippen molar-refractivity contribution in [1.29, 1.82) is 5.26 Å². The molecule has 4 nitrogen and oxygen atoms in total. The SMILES string of the molecule is N#Cc1cc[nH]c1[C@@H](N)CCO. The average molecular weight is 165 g/mol. The third-order valence-electron chi connectivity index (χ3n) is 1.71. The number of H-pyrrole nitrogens is 1. The van der Waals surface area contributed by atoms with Crippen LogP contribution >= 0.6 is 0 Å². The zero-order valence-electron chi connectivity index (χ0n) is 6.62. The van der Waals surface area contributed by atoms with Crippen molar-refractivity contribution in [2.75, 3.05) is 6.61 Å². The highest BCUT2D eigenvalue weighted by molar-refractivity contribution is 5.35. The average Bonchev–Trinajstić information content (AvgIpc) is 2.51. The number of nitrogens with two attached hydrogens (primary N) is 1. The first-order valence-corrected chi connectivity index (χ1v) is 3.73. The lowest BCUT2D eigenvalue weighted by Gasteiger charge is -2.07. The zero-order chi connectivity index (χ0) is 8.97. The molecule has 1 rings (SSSR count). The van der Waals surface area contributed by atoms with Crippen molar-refractivity contribution in [1.82, 2.24) is 4.98 Å². The van der Waals surface area contributed by atoms with Gasteiger partial charge in [-0.25, -0.2) is 0 Å². The molecule has 0 aliphatic heterocycles. The first-order valence-electron chi connectivity index (χ1n) is 3.73. The predicted molar refractivity (Wildman–Crippen MR) is 44.1 cm³/mol. The maximum absolute atomic E-state index is 8.64. The van der Waals surface area contributed by atoms with Gasteiger partial charge in [0.25, 0.3) is 0 Å². The van der Waals surface area contributed by atoms with Crippen LogP contribution in [0.25, 0.3) is 0 Å². The minimum absolute atomic E-state index is 0.0328. The summed E-state index contributed by atoms with van der Waals surface area (Å²) < 4.78 is 0. The fraction of sp³-hybridized carbons (Fsp3) is 0.375. The van der Waals surface area contributed by atoms with Crippen molar-refractivity contribution in [3.05, 3.63) is 23.5 Å². The van der Waals surface area contributed by atoms with Crippen molar-refractivity contribution in [2.45, 2.75) is 12.5 Å². The summed E-state index contributed by atoms with van der Waals surface area (Å²) in [6.45, 7) is 0.0328. The van der Waals surface area contributed by atoms with E-state index in [1.54, 1.807) is 12.3 Å². The monoisotopic (exact) mass is 165 g/mol. The summed E-state index contributed by atoms with van der Waals surface area (Å²) in [7, 11) is 0. The Labute approximate surface area is 70.6 Å². The molecule has 12 heavy (non-hydrogen) atoms. The van der Waals surface area contributed by atoms with E-state index in [1.165, 1.54) is 0 Å². The number of aliphatic hydroxyl groups is 1. The molecule has 0 aliphatic carbocycles. The smallest absolute Gasteiger partial charge is 0.101 e. The number of aromatic nitrogens is 1. The molecule has 0 radical (unpaired) electrons. The van der Waals surface area contributed by atoms with Crippen LogP contribution in [0, 0.1) is 11.3 Å². The molecule has 0 aromatic carbocycles. The zero-order valence-corrected chi connectivity index (χ0v) is 6.62. The Bertz CT molecular complexity index is 287. The second-order valence-electron chi connectivity index (χ2n) is 2.54. The molecule has 0 saturated carbocycles. The van der Waals surface area contributed by atoms with Crippen molar-refractivity contribution < 1.29 is 5.11 Å². The van der Waals surface area contributed by atoms with Crippen molar-refractivity contribution >= 4 is 0 Å². The summed E-state index contributed by atoms with van der Waals surface area (Å²) in [5, 5.41) is 17.3. The molecule has 0 aliphatic rings. The van der Waals surface area contributed by atoms with Gasteiger partial charge in [-0.05, 0) is 12.5 Å². The molecule has 0 spiro atoms. The first kappa shape index (κ1) is 8.78. The van der Waals surface area contributed by atoms with Gasteiger partial charge in [0.05, 0.1) is 5.56 Å². The Hall–Kier alpha value is -1.31. The highest BCUT2D eigenvalue weighted by Gasteiger charge is 2.10. The Morgan fingerprint density at radius 1 is 1.75 bits per heavy atom. The molecule has 4 heteroatoms. The molecule has 1 aromatic heterocycles. The van der Waals surface area contributed by atoms with Gasteiger partial charge in [-0.3, -0.25) is 0 Å². The maximum atomic E-state index is 8.64. The van der Waals surface area contributed by atoms with Crippen molar-refractivity contribution in [2.24, 2.45) is 5.73 Å². The van der Waals surface area contributed by atoms with Crippen LogP contribution in [0.4, 0.5) is 0 Å². The van der Waals surface area contributed by atoms with E-state index in [-0.39, 0.29) is 12.6 Å².